The van der Waals surface area contributed by atoms with Crippen LogP contribution in [0.3, 0.4) is 0 Å². The van der Waals surface area contributed by atoms with Crippen LogP contribution in [-0.2, 0) is 33.3 Å². The smallest absolute Gasteiger partial charge is 0.335 e. The van der Waals surface area contributed by atoms with Gasteiger partial charge in [0.2, 0.25) is 0 Å². The van der Waals surface area contributed by atoms with Crippen molar-refractivity contribution < 1.29 is 53.8 Å². The van der Waals surface area contributed by atoms with E-state index >= 15 is 0 Å². The van der Waals surface area contributed by atoms with Gasteiger partial charge in [0, 0.05) is 12.8 Å². The molecule has 1 rings (SSSR count). The molecule has 0 spiro atoms. The Labute approximate surface area is 428 Å². The van der Waals surface area contributed by atoms with E-state index in [0.29, 0.717) is 12.8 Å². The number of hydrogen-bond donors (Lipinski definition) is 4. The third kappa shape index (κ3) is 39.5. The van der Waals surface area contributed by atoms with Gasteiger partial charge in [0.25, 0.3) is 0 Å². The molecule has 1 fully saturated rings. The predicted molar refractivity (Wildman–Crippen MR) is 285 cm³/mol. The molecule has 1 aliphatic rings. The highest BCUT2D eigenvalue weighted by molar-refractivity contribution is 5.73. The summed E-state index contributed by atoms with van der Waals surface area (Å²) in [5.41, 5.74) is 0. The molecule has 0 radical (unpaired) electrons. The van der Waals surface area contributed by atoms with Crippen molar-refractivity contribution in [2.75, 3.05) is 13.2 Å². The van der Waals surface area contributed by atoms with Gasteiger partial charge >= 0.3 is 17.9 Å². The van der Waals surface area contributed by atoms with Crippen molar-refractivity contribution in [1.82, 2.24) is 0 Å². The molecular formula is C59H110O11. The van der Waals surface area contributed by atoms with E-state index < -0.39 is 54.7 Å². The van der Waals surface area contributed by atoms with Crippen LogP contribution in [0.2, 0.25) is 0 Å². The number of carbonyl (C=O) groups excluding carboxylic acids is 2. The number of aliphatic hydroxyl groups is 3. The quantitative estimate of drug-likeness (QED) is 0.0260. The van der Waals surface area contributed by atoms with Crippen LogP contribution in [0.25, 0.3) is 0 Å². The van der Waals surface area contributed by atoms with Crippen LogP contribution in [0.15, 0.2) is 12.2 Å². The van der Waals surface area contributed by atoms with Crippen molar-refractivity contribution in [3.8, 4) is 0 Å². The van der Waals surface area contributed by atoms with Crippen molar-refractivity contribution in [3.63, 3.8) is 0 Å². The molecular weight excluding hydrogens is 885 g/mol. The summed E-state index contributed by atoms with van der Waals surface area (Å²) in [4.78, 5) is 37.1. The Kier molecular flexibility index (Phi) is 46.3. The minimum absolute atomic E-state index is 0.190. The monoisotopic (exact) mass is 995 g/mol. The van der Waals surface area contributed by atoms with Gasteiger partial charge in [-0.1, -0.05) is 257 Å². The van der Waals surface area contributed by atoms with E-state index in [0.717, 1.165) is 38.5 Å². The zero-order valence-electron chi connectivity index (χ0n) is 45.3. The average Bonchev–Trinajstić information content (AvgIpc) is 3.35. The Hall–Kier alpha value is -2.05. The number of allylic oxidation sites excluding steroid dienone is 2. The topological polar surface area (TPSA) is 169 Å². The average molecular weight is 996 g/mol. The van der Waals surface area contributed by atoms with Gasteiger partial charge in [0.05, 0.1) is 6.61 Å². The fourth-order valence-corrected chi connectivity index (χ4v) is 9.47. The molecule has 412 valence electrons. The Morgan fingerprint density at radius 1 is 0.429 bits per heavy atom. The second-order valence-corrected chi connectivity index (χ2v) is 20.8. The summed E-state index contributed by atoms with van der Waals surface area (Å²) in [7, 11) is 0. The Morgan fingerprint density at radius 3 is 1.11 bits per heavy atom. The number of aliphatic carboxylic acids is 1. The molecule has 0 saturated carbocycles. The number of rotatable bonds is 52. The van der Waals surface area contributed by atoms with Crippen LogP contribution in [0.4, 0.5) is 0 Å². The summed E-state index contributed by atoms with van der Waals surface area (Å²) in [5.74, 6) is -2.42. The van der Waals surface area contributed by atoms with Gasteiger partial charge < -0.3 is 39.4 Å². The highest BCUT2D eigenvalue weighted by Gasteiger charge is 2.47. The summed E-state index contributed by atoms with van der Waals surface area (Å²) in [6.07, 6.45) is 48.4. The standard InChI is InChI=1S/C59H110O11/c1-3-5-7-9-11-13-15-17-19-21-23-25-26-28-29-31-33-35-37-39-41-43-45-47-52(60)67-49-51(50-68-59-56(64)54(62)55(63)57(70-59)58(65)66)69-53(61)48-46-44-42-40-38-36-34-32-30-27-24-22-20-18-16-14-12-10-8-6-4-2/h21,23,51,54-57,59,62-64H,3-20,22,24-50H2,1-2H3,(H,65,66)/b23-21-. The number of carbonyl (C=O) groups is 3. The van der Waals surface area contributed by atoms with E-state index in [9.17, 15) is 34.8 Å². The van der Waals surface area contributed by atoms with E-state index in [1.165, 1.54) is 218 Å². The summed E-state index contributed by atoms with van der Waals surface area (Å²) in [5, 5.41) is 40.1. The minimum atomic E-state index is -1.86. The van der Waals surface area contributed by atoms with Crippen LogP contribution in [-0.4, -0.2) is 88.4 Å². The van der Waals surface area contributed by atoms with Gasteiger partial charge in [-0.2, -0.15) is 0 Å². The first-order valence-corrected chi connectivity index (χ1v) is 29.7. The van der Waals surface area contributed by atoms with Crippen molar-refractivity contribution in [3.05, 3.63) is 12.2 Å². The van der Waals surface area contributed by atoms with Gasteiger partial charge in [-0.05, 0) is 38.5 Å². The summed E-state index contributed by atoms with van der Waals surface area (Å²) in [6, 6.07) is 0. The van der Waals surface area contributed by atoms with Gasteiger partial charge in [0.15, 0.2) is 18.5 Å². The maximum Gasteiger partial charge on any atom is 0.335 e. The normalized spacial score (nSPS) is 18.7. The van der Waals surface area contributed by atoms with Gasteiger partial charge in [0.1, 0.15) is 24.9 Å². The van der Waals surface area contributed by atoms with Crippen molar-refractivity contribution in [2.45, 2.75) is 333 Å². The van der Waals surface area contributed by atoms with Crippen LogP contribution in [0.1, 0.15) is 296 Å². The third-order valence-electron chi connectivity index (χ3n) is 14.1. The second-order valence-electron chi connectivity index (χ2n) is 20.8. The first-order valence-electron chi connectivity index (χ1n) is 29.7. The molecule has 0 amide bonds. The molecule has 1 heterocycles. The van der Waals surface area contributed by atoms with Crippen LogP contribution < -0.4 is 0 Å². The highest BCUT2D eigenvalue weighted by Crippen LogP contribution is 2.24. The Balaban J connectivity index is 2.21. The minimum Gasteiger partial charge on any atom is -0.479 e. The molecule has 11 heteroatoms. The maximum absolute atomic E-state index is 12.9. The van der Waals surface area contributed by atoms with Gasteiger partial charge in [-0.25, -0.2) is 4.79 Å². The molecule has 1 saturated heterocycles. The van der Waals surface area contributed by atoms with Gasteiger partial charge in [-0.3, -0.25) is 9.59 Å². The number of aliphatic hydroxyl groups excluding tert-OH is 3. The molecule has 4 N–H and O–H groups in total. The molecule has 6 atom stereocenters. The fourth-order valence-electron chi connectivity index (χ4n) is 9.47. The number of carboxylic acids is 1. The first-order chi connectivity index (χ1) is 34.2. The molecule has 0 aromatic heterocycles. The van der Waals surface area contributed by atoms with Crippen molar-refractivity contribution >= 4 is 17.9 Å². The lowest BCUT2D eigenvalue weighted by molar-refractivity contribution is -0.298. The summed E-state index contributed by atoms with van der Waals surface area (Å²) >= 11 is 0. The fraction of sp³-hybridized carbons (Fsp3) is 0.915. The van der Waals surface area contributed by atoms with E-state index in [2.05, 4.69) is 26.0 Å². The molecule has 0 aromatic carbocycles. The zero-order chi connectivity index (χ0) is 51.0. The van der Waals surface area contributed by atoms with E-state index in [1.807, 2.05) is 0 Å². The van der Waals surface area contributed by atoms with E-state index in [-0.39, 0.29) is 26.1 Å². The molecule has 0 aliphatic carbocycles. The molecule has 0 aromatic rings. The van der Waals surface area contributed by atoms with E-state index in [1.54, 1.807) is 0 Å². The van der Waals surface area contributed by atoms with Crippen LogP contribution in [0, 0.1) is 0 Å². The lowest BCUT2D eigenvalue weighted by atomic mass is 9.99. The SMILES string of the molecule is CCCCCCCCCC/C=C\CCCCCCCCCCCCCC(=O)OCC(COC1OC(C(=O)O)C(O)C(O)C1O)OC(=O)CCCCCCCCCCCCCCCCCCCCCCC. The summed E-state index contributed by atoms with van der Waals surface area (Å²) in [6.45, 7) is 3.88. The van der Waals surface area contributed by atoms with Crippen LogP contribution in [0.5, 0.6) is 0 Å². The highest BCUT2D eigenvalue weighted by atomic mass is 16.7. The Morgan fingerprint density at radius 2 is 0.757 bits per heavy atom. The molecule has 0 bridgehead atoms. The lowest BCUT2D eigenvalue weighted by Gasteiger charge is -2.38. The zero-order valence-corrected chi connectivity index (χ0v) is 45.3. The molecule has 1 aliphatic heterocycles. The van der Waals surface area contributed by atoms with Crippen molar-refractivity contribution in [1.29, 1.82) is 0 Å². The largest absolute Gasteiger partial charge is 0.479 e. The van der Waals surface area contributed by atoms with Crippen molar-refractivity contribution in [2.24, 2.45) is 0 Å². The first kappa shape index (κ1) is 66.0. The predicted octanol–water partition coefficient (Wildman–Crippen LogP) is 15.1. The molecule has 11 nitrogen and oxygen atoms in total. The lowest BCUT2D eigenvalue weighted by Crippen LogP contribution is -2.60. The Bertz CT molecular complexity index is 1210. The second kappa shape index (κ2) is 49.2. The molecule has 6 unspecified atom stereocenters. The maximum atomic E-state index is 12.9. The number of carboxylic acid groups (broad SMARTS) is 1. The van der Waals surface area contributed by atoms with Crippen LogP contribution >= 0.6 is 0 Å². The number of hydrogen-bond acceptors (Lipinski definition) is 10. The third-order valence-corrected chi connectivity index (χ3v) is 14.1. The molecule has 70 heavy (non-hydrogen) atoms. The number of esters is 2. The number of ether oxygens (including phenoxy) is 4. The van der Waals surface area contributed by atoms with Gasteiger partial charge in [-0.15, -0.1) is 0 Å². The van der Waals surface area contributed by atoms with E-state index in [4.69, 9.17) is 18.9 Å². The number of unbranched alkanes of at least 4 members (excludes halogenated alkanes) is 39. The summed E-state index contributed by atoms with van der Waals surface area (Å²) < 4.78 is 21.9.